The highest BCUT2D eigenvalue weighted by molar-refractivity contribution is 5.59. The highest BCUT2D eigenvalue weighted by Crippen LogP contribution is 1.93. The van der Waals surface area contributed by atoms with Crippen LogP contribution in [0.4, 0.5) is 0 Å². The summed E-state index contributed by atoms with van der Waals surface area (Å²) in [5, 5.41) is 9.76. The second-order valence-electron chi connectivity index (χ2n) is 3.21. The topological polar surface area (TPSA) is 27.6 Å². The molecule has 0 saturated carbocycles. The van der Waals surface area contributed by atoms with Gasteiger partial charge in [-0.15, -0.1) is 0 Å². The fourth-order valence-electron chi connectivity index (χ4n) is 0.996. The third kappa shape index (κ3) is 3.37. The Bertz CT molecular complexity index is 125. The van der Waals surface area contributed by atoms with E-state index in [1.54, 1.807) is 0 Å². The van der Waals surface area contributed by atoms with Crippen molar-refractivity contribution in [3.63, 3.8) is 0 Å². The van der Waals surface area contributed by atoms with Crippen LogP contribution in [0.3, 0.4) is 0 Å². The van der Waals surface area contributed by atoms with Crippen LogP contribution >= 0.6 is 0 Å². The van der Waals surface area contributed by atoms with E-state index in [1.165, 1.54) is 0 Å². The third-order valence-electron chi connectivity index (χ3n) is 1.62. The summed E-state index contributed by atoms with van der Waals surface area (Å²) < 4.78 is 0. The summed E-state index contributed by atoms with van der Waals surface area (Å²) in [6.45, 7) is 8.51. The minimum Gasteiger partial charge on any atom is -0.313 e. The molecule has 0 amide bonds. The van der Waals surface area contributed by atoms with Crippen LogP contribution < -0.4 is 5.32 Å². The van der Waals surface area contributed by atoms with Gasteiger partial charge in [-0.25, -0.2) is 0 Å². The van der Waals surface area contributed by atoms with Gasteiger partial charge in [-0.05, 0) is 5.92 Å². The molecule has 0 bridgehead atoms. The maximum atomic E-state index is 4.35. The first kappa shape index (κ1) is 8.53. The molecule has 0 aromatic carbocycles. The molecule has 3 nitrogen and oxygen atoms in total. The number of rotatable bonds is 2. The molecule has 1 aliphatic rings. The van der Waals surface area contributed by atoms with Gasteiger partial charge in [0, 0.05) is 32.4 Å². The quantitative estimate of drug-likeness (QED) is 0.589. The zero-order valence-electron chi connectivity index (χ0n) is 7.38. The first-order valence-corrected chi connectivity index (χ1v) is 4.29. The molecular formula is C8H17N3. The summed E-state index contributed by atoms with van der Waals surface area (Å²) in [5.74, 6) is 0.560. The average Bonchev–Trinajstić information content (AvgIpc) is 2.03. The standard InChI is InChI=1S/C8H17N3/c1-8(2)7-10-11-5-3-9-4-6-11/h7-9H,3-6H2,1-2H3/b10-7+. The molecule has 1 saturated heterocycles. The molecular weight excluding hydrogens is 138 g/mol. The zero-order chi connectivity index (χ0) is 8.10. The van der Waals surface area contributed by atoms with Crippen LogP contribution in [-0.4, -0.2) is 37.4 Å². The van der Waals surface area contributed by atoms with Gasteiger partial charge in [0.15, 0.2) is 0 Å². The Hall–Kier alpha value is -0.570. The zero-order valence-corrected chi connectivity index (χ0v) is 7.38. The van der Waals surface area contributed by atoms with Gasteiger partial charge in [-0.1, -0.05) is 13.8 Å². The van der Waals surface area contributed by atoms with Crippen molar-refractivity contribution in [2.45, 2.75) is 13.8 Å². The summed E-state index contributed by atoms with van der Waals surface area (Å²) in [7, 11) is 0. The molecule has 3 heteroatoms. The fourth-order valence-corrected chi connectivity index (χ4v) is 0.996. The van der Waals surface area contributed by atoms with Crippen molar-refractivity contribution in [3.05, 3.63) is 0 Å². The van der Waals surface area contributed by atoms with Crippen LogP contribution in [0.25, 0.3) is 0 Å². The molecule has 1 rings (SSSR count). The number of hydrazone groups is 1. The van der Waals surface area contributed by atoms with E-state index < -0.39 is 0 Å². The summed E-state index contributed by atoms with van der Waals surface area (Å²) >= 11 is 0. The van der Waals surface area contributed by atoms with Crippen LogP contribution in [0.2, 0.25) is 0 Å². The Kier molecular flexibility index (Phi) is 3.36. The van der Waals surface area contributed by atoms with Crippen LogP contribution in [0.1, 0.15) is 13.8 Å². The molecule has 0 unspecified atom stereocenters. The highest BCUT2D eigenvalue weighted by Gasteiger charge is 2.04. The second kappa shape index (κ2) is 4.34. The van der Waals surface area contributed by atoms with E-state index in [-0.39, 0.29) is 0 Å². The summed E-state index contributed by atoms with van der Waals surface area (Å²) in [6.07, 6.45) is 2.01. The Balaban J connectivity index is 2.23. The lowest BCUT2D eigenvalue weighted by Gasteiger charge is -2.24. The Morgan fingerprint density at radius 3 is 2.55 bits per heavy atom. The maximum absolute atomic E-state index is 4.35. The molecule has 0 spiro atoms. The minimum atomic E-state index is 0.560. The van der Waals surface area contributed by atoms with Crippen molar-refractivity contribution in [1.29, 1.82) is 0 Å². The van der Waals surface area contributed by atoms with Crippen molar-refractivity contribution in [2.24, 2.45) is 11.0 Å². The van der Waals surface area contributed by atoms with Crippen LogP contribution in [0.5, 0.6) is 0 Å². The van der Waals surface area contributed by atoms with Gasteiger partial charge in [-0.2, -0.15) is 5.10 Å². The van der Waals surface area contributed by atoms with E-state index in [4.69, 9.17) is 0 Å². The van der Waals surface area contributed by atoms with Gasteiger partial charge in [-0.3, -0.25) is 5.01 Å². The SMILES string of the molecule is CC(C)/C=N/N1CCNCC1. The Labute approximate surface area is 68.5 Å². The van der Waals surface area contributed by atoms with Crippen molar-refractivity contribution in [1.82, 2.24) is 10.3 Å². The van der Waals surface area contributed by atoms with Gasteiger partial charge in [0.25, 0.3) is 0 Å². The van der Waals surface area contributed by atoms with E-state index >= 15 is 0 Å². The van der Waals surface area contributed by atoms with E-state index in [9.17, 15) is 0 Å². The predicted octanol–water partition coefficient (Wildman–Crippen LogP) is 0.533. The van der Waals surface area contributed by atoms with E-state index in [2.05, 4.69) is 29.3 Å². The van der Waals surface area contributed by atoms with Crippen molar-refractivity contribution >= 4 is 6.21 Å². The van der Waals surface area contributed by atoms with Gasteiger partial charge >= 0.3 is 0 Å². The van der Waals surface area contributed by atoms with Gasteiger partial charge in [0.05, 0.1) is 0 Å². The first-order chi connectivity index (χ1) is 5.29. The first-order valence-electron chi connectivity index (χ1n) is 4.29. The van der Waals surface area contributed by atoms with Crippen molar-refractivity contribution < 1.29 is 0 Å². The number of hydrogen-bond acceptors (Lipinski definition) is 3. The lowest BCUT2D eigenvalue weighted by Crippen LogP contribution is -2.40. The van der Waals surface area contributed by atoms with Crippen LogP contribution in [0, 0.1) is 5.92 Å². The summed E-state index contributed by atoms with van der Waals surface area (Å²) in [5.41, 5.74) is 0. The normalized spacial score (nSPS) is 20.1. The van der Waals surface area contributed by atoms with E-state index in [0.717, 1.165) is 26.2 Å². The van der Waals surface area contributed by atoms with Crippen molar-refractivity contribution in [3.8, 4) is 0 Å². The van der Waals surface area contributed by atoms with E-state index in [1.807, 2.05) is 6.21 Å². The van der Waals surface area contributed by atoms with Crippen LogP contribution in [-0.2, 0) is 0 Å². The molecule has 1 fully saturated rings. The molecule has 0 radical (unpaired) electrons. The Morgan fingerprint density at radius 1 is 1.36 bits per heavy atom. The smallest absolute Gasteiger partial charge is 0.0485 e. The minimum absolute atomic E-state index is 0.560. The molecule has 1 aliphatic heterocycles. The molecule has 11 heavy (non-hydrogen) atoms. The van der Waals surface area contributed by atoms with Crippen molar-refractivity contribution in [2.75, 3.05) is 26.2 Å². The lowest BCUT2D eigenvalue weighted by atomic mass is 10.3. The molecule has 0 aromatic rings. The third-order valence-corrected chi connectivity index (χ3v) is 1.62. The average molecular weight is 155 g/mol. The van der Waals surface area contributed by atoms with Crippen LogP contribution in [0.15, 0.2) is 5.10 Å². The Morgan fingerprint density at radius 2 is 2.00 bits per heavy atom. The summed E-state index contributed by atoms with van der Waals surface area (Å²) in [6, 6.07) is 0. The van der Waals surface area contributed by atoms with Gasteiger partial charge < -0.3 is 5.32 Å². The monoisotopic (exact) mass is 155 g/mol. The molecule has 0 aromatic heterocycles. The van der Waals surface area contributed by atoms with Gasteiger partial charge in [0.1, 0.15) is 0 Å². The molecule has 64 valence electrons. The second-order valence-corrected chi connectivity index (χ2v) is 3.21. The number of nitrogens with zero attached hydrogens (tertiary/aromatic N) is 2. The maximum Gasteiger partial charge on any atom is 0.0485 e. The number of piperazine rings is 1. The largest absolute Gasteiger partial charge is 0.313 e. The summed E-state index contributed by atoms with van der Waals surface area (Å²) in [4.78, 5) is 0. The lowest BCUT2D eigenvalue weighted by molar-refractivity contribution is 0.252. The molecule has 1 N–H and O–H groups in total. The number of hydrogen-bond donors (Lipinski definition) is 1. The van der Waals surface area contributed by atoms with E-state index in [0.29, 0.717) is 5.92 Å². The fraction of sp³-hybridized carbons (Fsp3) is 0.875. The molecule has 0 aliphatic carbocycles. The van der Waals surface area contributed by atoms with Gasteiger partial charge in [0.2, 0.25) is 0 Å². The number of nitrogens with one attached hydrogen (secondary N) is 1. The molecule has 1 heterocycles. The molecule has 0 atom stereocenters. The highest BCUT2D eigenvalue weighted by atomic mass is 15.5. The predicted molar refractivity (Wildman–Crippen MR) is 47.8 cm³/mol.